The van der Waals surface area contributed by atoms with E-state index in [0.717, 1.165) is 0 Å². The number of hydrogen-bond donors (Lipinski definition) is 0. The molecule has 0 spiro atoms. The lowest BCUT2D eigenvalue weighted by molar-refractivity contribution is -0.170. The lowest BCUT2D eigenvalue weighted by Crippen LogP contribution is -2.45. The van der Waals surface area contributed by atoms with Crippen LogP contribution in [0.25, 0.3) is 0 Å². The molecule has 3 rings (SSSR count). The van der Waals surface area contributed by atoms with Gasteiger partial charge in [0.1, 0.15) is 12.0 Å². The minimum absolute atomic E-state index is 0.0938. The van der Waals surface area contributed by atoms with E-state index < -0.39 is 23.3 Å². The van der Waals surface area contributed by atoms with Gasteiger partial charge in [-0.1, -0.05) is 5.16 Å². The molecule has 0 aromatic carbocycles. The zero-order valence-electron chi connectivity index (χ0n) is 11.5. The van der Waals surface area contributed by atoms with Crippen LogP contribution < -0.4 is 0 Å². The maximum atomic E-state index is 12.4. The Balaban J connectivity index is 2.21. The maximum absolute atomic E-state index is 12.4. The molecule has 0 N–H and O–H groups in total. The first kappa shape index (κ1) is 13.4. The molecule has 2 heterocycles. The molecule has 21 heavy (non-hydrogen) atoms. The van der Waals surface area contributed by atoms with Crippen LogP contribution in [0.5, 0.6) is 0 Å². The van der Waals surface area contributed by atoms with Gasteiger partial charge in [-0.15, -0.1) is 0 Å². The second-order valence-corrected chi connectivity index (χ2v) is 4.80. The van der Waals surface area contributed by atoms with Gasteiger partial charge in [-0.3, -0.25) is 9.59 Å². The van der Waals surface area contributed by atoms with Gasteiger partial charge in [-0.25, -0.2) is 0 Å². The van der Waals surface area contributed by atoms with Crippen molar-refractivity contribution in [2.24, 2.45) is 5.41 Å². The highest BCUT2D eigenvalue weighted by molar-refractivity contribution is 6.03. The van der Waals surface area contributed by atoms with Gasteiger partial charge in [-0.05, 0) is 12.1 Å². The Kier molecular flexibility index (Phi) is 3.04. The summed E-state index contributed by atoms with van der Waals surface area (Å²) < 4.78 is 20.0. The van der Waals surface area contributed by atoms with Crippen LogP contribution in [0.15, 0.2) is 33.6 Å². The Labute approximate surface area is 119 Å². The monoisotopic (exact) mass is 291 g/mol. The quantitative estimate of drug-likeness (QED) is 0.621. The normalized spacial score (nSPS) is 19.0. The fourth-order valence-electron chi connectivity index (χ4n) is 2.93. The van der Waals surface area contributed by atoms with Gasteiger partial charge in [0.15, 0.2) is 5.41 Å². The summed E-state index contributed by atoms with van der Waals surface area (Å²) in [7, 11) is 2.46. The van der Waals surface area contributed by atoms with E-state index in [1.165, 1.54) is 26.7 Å². The molecule has 2 aromatic heterocycles. The van der Waals surface area contributed by atoms with Crippen molar-refractivity contribution >= 4 is 11.9 Å². The molecule has 0 fully saturated rings. The van der Waals surface area contributed by atoms with Crippen molar-refractivity contribution in [1.82, 2.24) is 5.16 Å². The fraction of sp³-hybridized carbons (Fsp3) is 0.357. The lowest BCUT2D eigenvalue weighted by atomic mass is 9.75. The summed E-state index contributed by atoms with van der Waals surface area (Å²) in [5.41, 5.74) is -0.400. The second kappa shape index (κ2) is 4.76. The average molecular weight is 291 g/mol. The highest BCUT2D eigenvalue weighted by atomic mass is 16.5. The third kappa shape index (κ3) is 1.70. The molecule has 1 atom stereocenters. The number of carbonyl (C=O) groups is 2. The first-order chi connectivity index (χ1) is 10.1. The zero-order valence-corrected chi connectivity index (χ0v) is 11.5. The zero-order chi connectivity index (χ0) is 15.0. The SMILES string of the molecule is COC(=O)C1(C(=O)OC)Cc2conc2C1c1ccco1. The predicted octanol–water partition coefficient (Wildman–Crippen LogP) is 1.29. The van der Waals surface area contributed by atoms with E-state index >= 15 is 0 Å². The van der Waals surface area contributed by atoms with E-state index in [9.17, 15) is 9.59 Å². The Morgan fingerprint density at radius 1 is 1.33 bits per heavy atom. The smallest absolute Gasteiger partial charge is 0.324 e. The molecule has 0 bridgehead atoms. The molecular weight excluding hydrogens is 278 g/mol. The fourth-order valence-corrected chi connectivity index (χ4v) is 2.93. The molecule has 1 aliphatic carbocycles. The van der Waals surface area contributed by atoms with Crippen LogP contribution in [0.3, 0.4) is 0 Å². The van der Waals surface area contributed by atoms with Crippen molar-refractivity contribution in [2.75, 3.05) is 14.2 Å². The Hall–Kier alpha value is -2.57. The molecule has 0 saturated heterocycles. The van der Waals surface area contributed by atoms with Crippen LogP contribution in [-0.4, -0.2) is 31.3 Å². The molecular formula is C14H13NO6. The molecule has 0 saturated carbocycles. The topological polar surface area (TPSA) is 91.8 Å². The average Bonchev–Trinajstić information content (AvgIpc) is 3.20. The summed E-state index contributed by atoms with van der Waals surface area (Å²) in [5.74, 6) is -1.68. The summed E-state index contributed by atoms with van der Waals surface area (Å²) in [6.07, 6.45) is 2.97. The van der Waals surface area contributed by atoms with E-state index in [1.807, 2.05) is 0 Å². The number of ether oxygens (including phenoxy) is 2. The minimum Gasteiger partial charge on any atom is -0.469 e. The van der Waals surface area contributed by atoms with Gasteiger partial charge in [-0.2, -0.15) is 0 Å². The van der Waals surface area contributed by atoms with E-state index in [1.54, 1.807) is 12.1 Å². The van der Waals surface area contributed by atoms with E-state index in [2.05, 4.69) is 5.16 Å². The van der Waals surface area contributed by atoms with Crippen LogP contribution in [0.1, 0.15) is 22.9 Å². The molecule has 110 valence electrons. The summed E-state index contributed by atoms with van der Waals surface area (Å²) in [6.45, 7) is 0. The van der Waals surface area contributed by atoms with Gasteiger partial charge < -0.3 is 18.4 Å². The number of esters is 2. The van der Waals surface area contributed by atoms with Gasteiger partial charge in [0, 0.05) is 12.0 Å². The summed E-state index contributed by atoms with van der Waals surface area (Å²) in [6, 6.07) is 3.35. The summed E-state index contributed by atoms with van der Waals surface area (Å²) >= 11 is 0. The summed E-state index contributed by atoms with van der Waals surface area (Å²) in [4.78, 5) is 24.8. The molecule has 0 aliphatic heterocycles. The van der Waals surface area contributed by atoms with Crippen molar-refractivity contribution in [3.63, 3.8) is 0 Å². The number of hydrogen-bond acceptors (Lipinski definition) is 7. The first-order valence-corrected chi connectivity index (χ1v) is 6.28. The number of furan rings is 1. The van der Waals surface area contributed by atoms with Gasteiger partial charge in [0.05, 0.1) is 32.1 Å². The standard InChI is InChI=1S/C14H13NO6/c1-18-12(16)14(13(17)19-2)6-8-7-21-15-11(8)10(14)9-4-3-5-20-9/h3-5,7,10H,6H2,1-2H3. The van der Waals surface area contributed by atoms with Crippen LogP contribution in [0.2, 0.25) is 0 Å². The first-order valence-electron chi connectivity index (χ1n) is 6.28. The number of carbonyl (C=O) groups excluding carboxylic acids is 2. The van der Waals surface area contributed by atoms with Crippen LogP contribution in [-0.2, 0) is 25.5 Å². The maximum Gasteiger partial charge on any atom is 0.324 e. The number of aromatic nitrogens is 1. The molecule has 1 unspecified atom stereocenters. The van der Waals surface area contributed by atoms with Crippen molar-refractivity contribution in [1.29, 1.82) is 0 Å². The van der Waals surface area contributed by atoms with Gasteiger partial charge in [0.2, 0.25) is 0 Å². The van der Waals surface area contributed by atoms with Crippen molar-refractivity contribution < 1.29 is 28.0 Å². The van der Waals surface area contributed by atoms with Crippen LogP contribution >= 0.6 is 0 Å². The molecule has 0 radical (unpaired) electrons. The van der Waals surface area contributed by atoms with E-state index in [0.29, 0.717) is 17.0 Å². The summed E-state index contributed by atoms with van der Waals surface area (Å²) in [5, 5.41) is 3.91. The van der Waals surface area contributed by atoms with Gasteiger partial charge in [0.25, 0.3) is 0 Å². The Morgan fingerprint density at radius 2 is 2.05 bits per heavy atom. The van der Waals surface area contributed by atoms with Crippen LogP contribution in [0, 0.1) is 5.41 Å². The van der Waals surface area contributed by atoms with Crippen molar-refractivity contribution in [3.05, 3.63) is 41.7 Å². The Bertz CT molecular complexity index is 655. The molecule has 1 aliphatic rings. The van der Waals surface area contributed by atoms with E-state index in [-0.39, 0.29) is 6.42 Å². The molecule has 2 aromatic rings. The Morgan fingerprint density at radius 3 is 2.62 bits per heavy atom. The lowest BCUT2D eigenvalue weighted by Gasteiger charge is -2.28. The molecule has 7 heteroatoms. The number of fused-ring (bicyclic) bond motifs is 1. The minimum atomic E-state index is -1.55. The number of methoxy groups -OCH3 is 2. The second-order valence-electron chi connectivity index (χ2n) is 4.80. The number of nitrogens with zero attached hydrogens (tertiary/aromatic N) is 1. The van der Waals surface area contributed by atoms with Crippen molar-refractivity contribution in [3.8, 4) is 0 Å². The molecule has 7 nitrogen and oxygen atoms in total. The largest absolute Gasteiger partial charge is 0.469 e. The number of rotatable bonds is 3. The predicted molar refractivity (Wildman–Crippen MR) is 67.2 cm³/mol. The van der Waals surface area contributed by atoms with E-state index in [4.69, 9.17) is 18.4 Å². The van der Waals surface area contributed by atoms with Crippen molar-refractivity contribution in [2.45, 2.75) is 12.3 Å². The molecule has 0 amide bonds. The third-order valence-corrected chi connectivity index (χ3v) is 3.84. The highest BCUT2D eigenvalue weighted by Crippen LogP contribution is 2.51. The van der Waals surface area contributed by atoms with Gasteiger partial charge >= 0.3 is 11.9 Å². The third-order valence-electron chi connectivity index (χ3n) is 3.84. The van der Waals surface area contributed by atoms with Crippen LogP contribution in [0.4, 0.5) is 0 Å². The highest BCUT2D eigenvalue weighted by Gasteiger charge is 2.62.